The van der Waals surface area contributed by atoms with Crippen LogP contribution in [0.15, 0.2) is 16.6 Å². The molecule has 0 amide bonds. The maximum absolute atomic E-state index is 10.6. The average molecular weight is 358 g/mol. The molecule has 1 aromatic rings. The van der Waals surface area contributed by atoms with E-state index in [0.29, 0.717) is 30.4 Å². The lowest BCUT2D eigenvalue weighted by atomic mass is 10.0. The lowest BCUT2D eigenvalue weighted by Gasteiger charge is -2.17. The highest BCUT2D eigenvalue weighted by Crippen LogP contribution is 2.38. The third kappa shape index (κ3) is 4.61. The molecule has 3 N–H and O–H groups in total. The first-order chi connectivity index (χ1) is 10.0. The van der Waals surface area contributed by atoms with E-state index in [9.17, 15) is 4.79 Å². The molecule has 1 aliphatic carbocycles. The van der Waals surface area contributed by atoms with Gasteiger partial charge >= 0.3 is 5.97 Å². The normalized spacial score (nSPS) is 15.6. The first kappa shape index (κ1) is 16.1. The van der Waals surface area contributed by atoms with E-state index < -0.39 is 5.97 Å². The minimum Gasteiger partial charge on any atom is -0.493 e. The maximum Gasteiger partial charge on any atom is 0.303 e. The summed E-state index contributed by atoms with van der Waals surface area (Å²) >= 11 is 3.48. The molecular weight excluding hydrogens is 338 g/mol. The van der Waals surface area contributed by atoms with Crippen LogP contribution >= 0.6 is 15.9 Å². The van der Waals surface area contributed by atoms with Crippen LogP contribution in [0.5, 0.6) is 11.5 Å². The molecule has 0 heterocycles. The van der Waals surface area contributed by atoms with Crippen molar-refractivity contribution >= 4 is 21.9 Å². The zero-order valence-corrected chi connectivity index (χ0v) is 13.6. The molecule has 0 aliphatic heterocycles. The molecule has 1 saturated carbocycles. The van der Waals surface area contributed by atoms with Gasteiger partial charge in [0.1, 0.15) is 0 Å². The van der Waals surface area contributed by atoms with Gasteiger partial charge in [0.05, 0.1) is 13.7 Å². The Morgan fingerprint density at radius 3 is 2.76 bits per heavy atom. The number of methoxy groups -OCH3 is 1. The van der Waals surface area contributed by atoms with Crippen molar-refractivity contribution in [3.05, 3.63) is 22.2 Å². The van der Waals surface area contributed by atoms with Crippen molar-refractivity contribution in [2.24, 2.45) is 11.7 Å². The number of rotatable bonds is 8. The number of hydrogen-bond acceptors (Lipinski definition) is 4. The van der Waals surface area contributed by atoms with Gasteiger partial charge in [0, 0.05) is 16.9 Å². The molecule has 0 radical (unpaired) electrons. The number of ether oxygens (including phenoxy) is 2. The topological polar surface area (TPSA) is 81.8 Å². The fraction of sp³-hybridized carbons (Fsp3) is 0.533. The van der Waals surface area contributed by atoms with Crippen molar-refractivity contribution in [2.75, 3.05) is 13.7 Å². The van der Waals surface area contributed by atoms with Crippen molar-refractivity contribution in [1.29, 1.82) is 0 Å². The largest absolute Gasteiger partial charge is 0.493 e. The molecule has 5 nitrogen and oxygen atoms in total. The molecule has 1 atom stereocenters. The van der Waals surface area contributed by atoms with Crippen LogP contribution < -0.4 is 15.2 Å². The van der Waals surface area contributed by atoms with Crippen LogP contribution in [0.25, 0.3) is 0 Å². The zero-order valence-electron chi connectivity index (χ0n) is 12.0. The Labute approximate surface area is 132 Å². The van der Waals surface area contributed by atoms with Crippen LogP contribution in [0.1, 0.15) is 37.3 Å². The molecule has 0 aromatic heterocycles. The van der Waals surface area contributed by atoms with E-state index in [0.717, 1.165) is 10.0 Å². The molecule has 0 saturated heterocycles. The summed E-state index contributed by atoms with van der Waals surface area (Å²) in [7, 11) is 1.58. The fourth-order valence-corrected chi connectivity index (χ4v) is 2.65. The molecule has 1 unspecified atom stereocenters. The number of halogens is 1. The van der Waals surface area contributed by atoms with Crippen molar-refractivity contribution in [1.82, 2.24) is 0 Å². The summed E-state index contributed by atoms with van der Waals surface area (Å²) in [5.74, 6) is 1.12. The number of hydrogen-bond donors (Lipinski definition) is 2. The van der Waals surface area contributed by atoms with Gasteiger partial charge in [0.2, 0.25) is 0 Å². The number of carboxylic acids is 1. The van der Waals surface area contributed by atoms with Crippen LogP contribution in [0, 0.1) is 5.92 Å². The monoisotopic (exact) mass is 357 g/mol. The Balaban J connectivity index is 2.11. The van der Waals surface area contributed by atoms with E-state index in [4.69, 9.17) is 20.3 Å². The van der Waals surface area contributed by atoms with Gasteiger partial charge in [0.15, 0.2) is 11.5 Å². The third-order valence-electron chi connectivity index (χ3n) is 3.52. The smallest absolute Gasteiger partial charge is 0.303 e. The van der Waals surface area contributed by atoms with Gasteiger partial charge in [-0.1, -0.05) is 15.9 Å². The first-order valence-corrected chi connectivity index (χ1v) is 7.78. The Morgan fingerprint density at radius 2 is 2.19 bits per heavy atom. The average Bonchev–Trinajstić information content (AvgIpc) is 3.26. The summed E-state index contributed by atoms with van der Waals surface area (Å²) in [6, 6.07) is 3.30. The first-order valence-electron chi connectivity index (χ1n) is 6.99. The summed E-state index contributed by atoms with van der Waals surface area (Å²) in [6.45, 7) is 0.702. The minimum atomic E-state index is -0.849. The second-order valence-electron chi connectivity index (χ2n) is 5.32. The fourth-order valence-electron chi connectivity index (χ4n) is 2.03. The minimum absolute atomic E-state index is 0.0376. The van der Waals surface area contributed by atoms with E-state index in [1.807, 2.05) is 12.1 Å². The number of carboxylic acid groups (broad SMARTS) is 1. The highest BCUT2D eigenvalue weighted by molar-refractivity contribution is 9.10. The van der Waals surface area contributed by atoms with Crippen LogP contribution in [0.2, 0.25) is 0 Å². The van der Waals surface area contributed by atoms with Crippen LogP contribution in [0.4, 0.5) is 0 Å². The van der Waals surface area contributed by atoms with Crippen LogP contribution in [0.3, 0.4) is 0 Å². The van der Waals surface area contributed by atoms with Gasteiger partial charge in [-0.2, -0.15) is 0 Å². The van der Waals surface area contributed by atoms with Crippen molar-refractivity contribution < 1.29 is 19.4 Å². The molecule has 0 bridgehead atoms. The number of nitrogens with two attached hydrogens (primary N) is 1. The quantitative estimate of drug-likeness (QED) is 0.746. The van der Waals surface area contributed by atoms with Gasteiger partial charge in [-0.25, -0.2) is 0 Å². The molecule has 116 valence electrons. The van der Waals surface area contributed by atoms with Crippen molar-refractivity contribution in [3.63, 3.8) is 0 Å². The number of carbonyl (C=O) groups is 1. The van der Waals surface area contributed by atoms with E-state index in [1.165, 1.54) is 12.8 Å². The van der Waals surface area contributed by atoms with Crippen LogP contribution in [-0.4, -0.2) is 24.8 Å². The Bertz CT molecular complexity index is 517. The van der Waals surface area contributed by atoms with Gasteiger partial charge in [0.25, 0.3) is 0 Å². The highest BCUT2D eigenvalue weighted by atomic mass is 79.9. The van der Waals surface area contributed by atoms with E-state index in [1.54, 1.807) is 7.11 Å². The predicted octanol–water partition coefficient (Wildman–Crippen LogP) is 3.11. The third-order valence-corrected chi connectivity index (χ3v) is 4.21. The molecule has 1 aromatic carbocycles. The van der Waals surface area contributed by atoms with Gasteiger partial charge in [-0.15, -0.1) is 0 Å². The number of aliphatic carboxylic acids is 1. The van der Waals surface area contributed by atoms with Crippen molar-refractivity contribution in [2.45, 2.75) is 31.7 Å². The Hall–Kier alpha value is -1.27. The number of benzene rings is 1. The summed E-state index contributed by atoms with van der Waals surface area (Å²) < 4.78 is 11.9. The van der Waals surface area contributed by atoms with E-state index >= 15 is 0 Å². The molecule has 0 spiro atoms. The van der Waals surface area contributed by atoms with Crippen molar-refractivity contribution in [3.8, 4) is 11.5 Å². The van der Waals surface area contributed by atoms with Gasteiger partial charge in [-0.3, -0.25) is 4.79 Å². The van der Waals surface area contributed by atoms with E-state index in [-0.39, 0.29) is 12.5 Å². The Morgan fingerprint density at radius 1 is 1.48 bits per heavy atom. The second kappa shape index (κ2) is 7.13. The summed E-state index contributed by atoms with van der Waals surface area (Å²) in [5, 5.41) is 8.74. The SMILES string of the molecule is COc1cc(C(N)CCC(=O)O)c(Br)cc1OCC1CC1. The highest BCUT2D eigenvalue weighted by Gasteiger charge is 2.23. The van der Waals surface area contributed by atoms with Gasteiger partial charge < -0.3 is 20.3 Å². The molecule has 1 fully saturated rings. The maximum atomic E-state index is 10.6. The molecule has 1 aliphatic rings. The van der Waals surface area contributed by atoms with Crippen LogP contribution in [-0.2, 0) is 4.79 Å². The summed E-state index contributed by atoms with van der Waals surface area (Å²) in [5.41, 5.74) is 6.89. The van der Waals surface area contributed by atoms with Gasteiger partial charge in [-0.05, 0) is 42.9 Å². The lowest BCUT2D eigenvalue weighted by molar-refractivity contribution is -0.137. The molecule has 2 rings (SSSR count). The summed E-state index contributed by atoms with van der Waals surface area (Å²) in [6.07, 6.45) is 2.86. The molecule has 6 heteroatoms. The predicted molar refractivity (Wildman–Crippen MR) is 82.7 cm³/mol. The lowest BCUT2D eigenvalue weighted by Crippen LogP contribution is -2.13. The zero-order chi connectivity index (χ0) is 15.4. The molecular formula is C15H20BrNO4. The van der Waals surface area contributed by atoms with E-state index in [2.05, 4.69) is 15.9 Å². The Kier molecular flexibility index (Phi) is 5.47. The summed E-state index contributed by atoms with van der Waals surface area (Å²) in [4.78, 5) is 10.6. The molecule has 21 heavy (non-hydrogen) atoms. The second-order valence-corrected chi connectivity index (χ2v) is 6.17. The standard InChI is InChI=1S/C15H20BrNO4/c1-20-13-6-10(12(17)4-5-15(18)19)11(16)7-14(13)21-8-9-2-3-9/h6-7,9,12H,2-5,8,17H2,1H3,(H,18,19).